The predicted molar refractivity (Wildman–Crippen MR) is 289 cm³/mol. The lowest BCUT2D eigenvalue weighted by atomic mass is 9.83. The summed E-state index contributed by atoms with van der Waals surface area (Å²) in [5.74, 6) is 0.892. The number of pyridine rings is 4. The Morgan fingerprint density at radius 2 is 0.842 bits per heavy atom. The first-order valence-electron chi connectivity index (χ1n) is 24.9. The maximum atomic E-state index is 13.3. The van der Waals surface area contributed by atoms with Gasteiger partial charge in [-0.25, -0.2) is 9.97 Å². The minimum atomic E-state index is -0.169. The molecule has 3 aliphatic rings. The molecule has 0 amide bonds. The van der Waals surface area contributed by atoms with E-state index in [4.69, 9.17) is 21.3 Å². The van der Waals surface area contributed by atoms with Crippen LogP contribution in [0.4, 0.5) is 0 Å². The molecule has 0 saturated carbocycles. The number of benzene rings is 4. The van der Waals surface area contributed by atoms with Gasteiger partial charge in [0.05, 0.1) is 57.4 Å². The van der Waals surface area contributed by atoms with Crippen LogP contribution in [-0.2, 0) is 43.3 Å². The van der Waals surface area contributed by atoms with E-state index in [2.05, 4.69) is 45.1 Å². The maximum absolute atomic E-state index is 13.3. The minimum absolute atomic E-state index is 0.141. The van der Waals surface area contributed by atoms with Crippen molar-refractivity contribution in [1.29, 1.82) is 0 Å². The van der Waals surface area contributed by atoms with Crippen molar-refractivity contribution < 1.29 is 23.9 Å². The number of ketones is 4. The molecule has 16 heteroatoms. The smallest absolute Gasteiger partial charge is 0.196 e. The summed E-state index contributed by atoms with van der Waals surface area (Å²) in [6, 6.07) is 44.3. The fourth-order valence-corrected chi connectivity index (χ4v) is 9.33. The predicted octanol–water partition coefficient (Wildman–Crippen LogP) is 9.97. The van der Waals surface area contributed by atoms with Crippen molar-refractivity contribution in [1.82, 2.24) is 50.1 Å². The number of carbonyl (C=O) groups excluding carboxylic acids is 4. The first kappa shape index (κ1) is 50.8. The largest absolute Gasteiger partial charge is 0.381 e. The molecule has 0 radical (unpaired) electrons. The first-order chi connectivity index (χ1) is 37.3. The summed E-state index contributed by atoms with van der Waals surface area (Å²) in [7, 11) is 0. The highest BCUT2D eigenvalue weighted by molar-refractivity contribution is 6.32. The third kappa shape index (κ3) is 11.6. The molecule has 4 aromatic carbocycles. The number of nitrogens with one attached hydrogen (secondary N) is 3. The van der Waals surface area contributed by atoms with Crippen LogP contribution in [0.25, 0.3) is 22.1 Å². The molecule has 378 valence electrons. The summed E-state index contributed by atoms with van der Waals surface area (Å²) < 4.78 is 4.94. The molecule has 1 aliphatic heterocycles. The van der Waals surface area contributed by atoms with Gasteiger partial charge in [-0.15, -0.1) is 11.6 Å². The molecule has 1 saturated heterocycles. The van der Waals surface area contributed by atoms with Gasteiger partial charge >= 0.3 is 0 Å². The first-order valence-corrected chi connectivity index (χ1v) is 25.4. The summed E-state index contributed by atoms with van der Waals surface area (Å²) in [5.41, 5.74) is 9.74. The molecule has 0 bridgehead atoms. The van der Waals surface area contributed by atoms with Crippen molar-refractivity contribution in [2.75, 3.05) is 13.2 Å². The molecule has 1 fully saturated rings. The number of rotatable bonds is 11. The Balaban J connectivity index is 0.000000135. The topological polar surface area (TPSA) is 202 Å². The summed E-state index contributed by atoms with van der Waals surface area (Å²) >= 11 is 5.78. The van der Waals surface area contributed by atoms with Crippen LogP contribution in [0.2, 0.25) is 0 Å². The Bertz CT molecular complexity index is 3580. The number of aromatic amines is 2. The Labute approximate surface area is 442 Å². The summed E-state index contributed by atoms with van der Waals surface area (Å²) in [6.45, 7) is 5.26. The molecule has 3 N–H and O–H groups in total. The van der Waals surface area contributed by atoms with Gasteiger partial charge in [0.1, 0.15) is 22.7 Å². The van der Waals surface area contributed by atoms with E-state index in [0.717, 1.165) is 54.6 Å². The van der Waals surface area contributed by atoms with Gasteiger partial charge < -0.3 is 20.0 Å². The summed E-state index contributed by atoms with van der Waals surface area (Å²) in [6.07, 6.45) is 9.72. The Kier molecular flexibility index (Phi) is 16.1. The van der Waals surface area contributed by atoms with Crippen molar-refractivity contribution in [3.63, 3.8) is 0 Å². The Hall–Kier alpha value is -8.73. The van der Waals surface area contributed by atoms with Crippen LogP contribution in [0.1, 0.15) is 111 Å². The van der Waals surface area contributed by atoms with E-state index in [0.29, 0.717) is 92.3 Å². The number of hydrogen-bond acceptors (Lipinski definition) is 13. The SMILES string of the molecule is C1CCOC1.O=C1c2ccccc2C(=O)c2c1ccc1[nH]c(CCl)nc21.O=C1c2ccccc2C(=O)c2c1ccc1[nH]c(CN(Cc3ccccn3)Cc3ccccn3)nc21.c1ccc(CNCc2ccccn2)nc1. The van der Waals surface area contributed by atoms with Crippen LogP contribution in [-0.4, -0.2) is 81.1 Å². The van der Waals surface area contributed by atoms with Crippen LogP contribution in [0.15, 0.2) is 170 Å². The van der Waals surface area contributed by atoms with Crippen LogP contribution < -0.4 is 5.32 Å². The van der Waals surface area contributed by atoms with E-state index >= 15 is 0 Å². The number of fused-ring (bicyclic) bond motifs is 8. The molecule has 2 aliphatic carbocycles. The molecule has 0 atom stereocenters. The lowest BCUT2D eigenvalue weighted by Gasteiger charge is -2.20. The molecule has 0 unspecified atom stereocenters. The Morgan fingerprint density at radius 3 is 1.24 bits per heavy atom. The van der Waals surface area contributed by atoms with Crippen LogP contribution in [0, 0.1) is 0 Å². The van der Waals surface area contributed by atoms with Crippen LogP contribution >= 0.6 is 11.6 Å². The zero-order valence-corrected chi connectivity index (χ0v) is 42.0. The molecule has 0 spiro atoms. The van der Waals surface area contributed by atoms with Crippen molar-refractivity contribution >= 4 is 56.8 Å². The summed E-state index contributed by atoms with van der Waals surface area (Å²) in [5, 5.41) is 3.29. The van der Waals surface area contributed by atoms with E-state index in [1.807, 2.05) is 78.9 Å². The number of hydrogen-bond donors (Lipinski definition) is 3. The average molecular weight is 1030 g/mol. The fourth-order valence-electron chi connectivity index (χ4n) is 9.20. The number of halogens is 1. The van der Waals surface area contributed by atoms with Gasteiger partial charge in [0.15, 0.2) is 23.1 Å². The monoisotopic (exact) mass is 1030 g/mol. The minimum Gasteiger partial charge on any atom is -0.381 e. The van der Waals surface area contributed by atoms with E-state index in [-0.39, 0.29) is 29.0 Å². The maximum Gasteiger partial charge on any atom is 0.196 e. The second-order valence-corrected chi connectivity index (χ2v) is 18.3. The van der Waals surface area contributed by atoms with Crippen LogP contribution in [0.3, 0.4) is 0 Å². The van der Waals surface area contributed by atoms with Crippen LogP contribution in [0.5, 0.6) is 0 Å². The van der Waals surface area contributed by atoms with Crippen molar-refractivity contribution in [2.24, 2.45) is 0 Å². The quantitative estimate of drug-likeness (QED) is 0.103. The van der Waals surface area contributed by atoms with Gasteiger partial charge in [-0.05, 0) is 85.6 Å². The van der Waals surface area contributed by atoms with Crippen molar-refractivity contribution in [3.8, 4) is 0 Å². The molecule has 10 aromatic rings. The zero-order valence-electron chi connectivity index (χ0n) is 41.3. The highest BCUT2D eigenvalue weighted by Gasteiger charge is 2.33. The number of imidazole rings is 2. The molecule has 7 heterocycles. The number of alkyl halides is 1. The number of carbonyl (C=O) groups is 4. The third-order valence-corrected chi connectivity index (χ3v) is 13.1. The van der Waals surface area contributed by atoms with E-state index < -0.39 is 0 Å². The van der Waals surface area contributed by atoms with E-state index in [1.165, 1.54) is 12.8 Å². The van der Waals surface area contributed by atoms with Gasteiger partial charge in [0, 0.05) is 97.6 Å². The van der Waals surface area contributed by atoms with Crippen molar-refractivity contribution in [2.45, 2.75) is 51.4 Å². The molecule has 6 aromatic heterocycles. The molecule has 13 rings (SSSR count). The molecular formula is C60H51ClN10O5. The van der Waals surface area contributed by atoms with Gasteiger partial charge in [0.2, 0.25) is 0 Å². The lowest BCUT2D eigenvalue weighted by Crippen LogP contribution is -2.24. The zero-order chi connectivity index (χ0) is 52.2. The Morgan fingerprint density at radius 1 is 0.447 bits per heavy atom. The second-order valence-electron chi connectivity index (χ2n) is 18.0. The van der Waals surface area contributed by atoms with Gasteiger partial charge in [-0.2, -0.15) is 0 Å². The molecule has 76 heavy (non-hydrogen) atoms. The number of H-pyrrole nitrogens is 2. The van der Waals surface area contributed by atoms with Gasteiger partial charge in [-0.1, -0.05) is 72.8 Å². The highest BCUT2D eigenvalue weighted by atomic mass is 35.5. The summed E-state index contributed by atoms with van der Waals surface area (Å²) in [4.78, 5) is 86.8. The number of aromatic nitrogens is 8. The lowest BCUT2D eigenvalue weighted by molar-refractivity contribution is 0.0980. The fraction of sp³-hybridized carbons (Fsp3) is 0.167. The van der Waals surface area contributed by atoms with Crippen molar-refractivity contribution in [3.05, 3.63) is 249 Å². The molecule has 15 nitrogen and oxygen atoms in total. The van der Waals surface area contributed by atoms with E-state index in [1.54, 1.807) is 91.5 Å². The highest BCUT2D eigenvalue weighted by Crippen LogP contribution is 2.33. The van der Waals surface area contributed by atoms with Gasteiger partial charge in [0.25, 0.3) is 0 Å². The van der Waals surface area contributed by atoms with E-state index in [9.17, 15) is 19.2 Å². The molecular weight excluding hydrogens is 976 g/mol. The normalized spacial score (nSPS) is 13.1. The standard InChI is InChI=1S/C28H21N5O2.C16H9ClN2O2.C12H13N3.C4H8O/c34-27-20-9-1-2-10-21(20)28(35)25-22(27)11-12-23-26(25)32-24(31-23)17-33(15-18-7-3-5-13-29-18)16-19-8-4-6-14-30-19;17-7-12-18-11-6-5-10-13(14(11)19-12)16(21)9-4-2-1-3-8(9)15(10)20;1-3-7-14-11(5-1)9-13-10-12-6-2-4-8-15-12;1-2-4-5-3-1/h1-14H,15-17H2,(H,31,32);1-6H,7H2,(H,18,19);1-8,13H,9-10H2;1-4H2. The third-order valence-electron chi connectivity index (χ3n) is 12.8. The number of ether oxygens (including phenoxy) is 1. The average Bonchev–Trinajstić information content (AvgIpc) is 4.29. The second kappa shape index (κ2) is 24.1. The van der Waals surface area contributed by atoms with Gasteiger partial charge in [-0.3, -0.25) is 44.0 Å². The number of nitrogens with zero attached hydrogens (tertiary/aromatic N) is 7.